The number of ether oxygens (including phenoxy) is 1. The van der Waals surface area contributed by atoms with Gasteiger partial charge in [-0.3, -0.25) is 0 Å². The summed E-state index contributed by atoms with van der Waals surface area (Å²) in [5, 5.41) is 9.92. The topological polar surface area (TPSA) is 49.8 Å². The van der Waals surface area contributed by atoms with Gasteiger partial charge in [0.25, 0.3) is 0 Å². The summed E-state index contributed by atoms with van der Waals surface area (Å²) >= 11 is 6.02. The predicted octanol–water partition coefficient (Wildman–Crippen LogP) is 3.43. The number of rotatable bonds is 7. The van der Waals surface area contributed by atoms with Crippen LogP contribution in [0.3, 0.4) is 0 Å². The number of hydrogen-bond donors (Lipinski definition) is 1. The quantitative estimate of drug-likeness (QED) is 0.834. The summed E-state index contributed by atoms with van der Waals surface area (Å²) in [7, 11) is 1.57. The normalized spacial score (nSPS) is 12.0. The summed E-state index contributed by atoms with van der Waals surface area (Å²) < 4.78 is 5.31. The zero-order valence-electron chi connectivity index (χ0n) is 11.5. The molecule has 1 aromatic rings. The van der Waals surface area contributed by atoms with Gasteiger partial charge in [0.05, 0.1) is 12.8 Å². The van der Waals surface area contributed by atoms with E-state index in [0.717, 1.165) is 12.1 Å². The molecule has 5 heteroatoms. The van der Waals surface area contributed by atoms with E-state index < -0.39 is 12.0 Å². The van der Waals surface area contributed by atoms with Crippen molar-refractivity contribution in [2.45, 2.75) is 32.7 Å². The molecule has 0 bridgehead atoms. The SMILES string of the molecule is CCCN(c1cc(Cl)ccc1OC)[C@@H](CC)C(=O)O. The predicted molar refractivity (Wildman–Crippen MR) is 77.4 cm³/mol. The number of nitrogens with zero attached hydrogens (tertiary/aromatic N) is 1. The molecule has 1 atom stereocenters. The summed E-state index contributed by atoms with van der Waals surface area (Å²) in [4.78, 5) is 13.2. The molecule has 4 nitrogen and oxygen atoms in total. The van der Waals surface area contributed by atoms with Crippen LogP contribution in [0.25, 0.3) is 0 Å². The summed E-state index contributed by atoms with van der Waals surface area (Å²) in [5.41, 5.74) is 0.728. The zero-order chi connectivity index (χ0) is 14.4. The highest BCUT2D eigenvalue weighted by molar-refractivity contribution is 6.31. The molecule has 0 amide bonds. The number of aliphatic carboxylic acids is 1. The average Bonchev–Trinajstić information content (AvgIpc) is 2.38. The maximum atomic E-state index is 11.4. The largest absolute Gasteiger partial charge is 0.495 e. The van der Waals surface area contributed by atoms with Crippen molar-refractivity contribution in [3.8, 4) is 5.75 Å². The standard InChI is InChI=1S/C14H20ClNO3/c1-4-8-16(11(5-2)14(17)18)12-9-10(15)6-7-13(12)19-3/h6-7,9,11H,4-5,8H2,1-3H3,(H,17,18)/t11-/m0/s1. The lowest BCUT2D eigenvalue weighted by molar-refractivity contribution is -0.138. The van der Waals surface area contributed by atoms with Crippen molar-refractivity contribution in [2.24, 2.45) is 0 Å². The first kappa shape index (κ1) is 15.6. The molecule has 19 heavy (non-hydrogen) atoms. The molecule has 0 fully saturated rings. The third kappa shape index (κ3) is 3.77. The van der Waals surface area contributed by atoms with Gasteiger partial charge in [0.2, 0.25) is 0 Å². The molecule has 106 valence electrons. The Morgan fingerprint density at radius 2 is 2.16 bits per heavy atom. The van der Waals surface area contributed by atoms with Crippen molar-refractivity contribution < 1.29 is 14.6 Å². The second kappa shape index (κ2) is 7.24. The number of methoxy groups -OCH3 is 1. The van der Waals surface area contributed by atoms with Crippen molar-refractivity contribution in [2.75, 3.05) is 18.6 Å². The minimum Gasteiger partial charge on any atom is -0.495 e. The Labute approximate surface area is 118 Å². The fourth-order valence-corrected chi connectivity index (χ4v) is 2.27. The molecule has 0 aliphatic heterocycles. The molecule has 0 spiro atoms. The van der Waals surface area contributed by atoms with Gasteiger partial charge in [-0.25, -0.2) is 4.79 Å². The van der Waals surface area contributed by atoms with Crippen LogP contribution in [-0.2, 0) is 4.79 Å². The van der Waals surface area contributed by atoms with Crippen molar-refractivity contribution >= 4 is 23.3 Å². The molecule has 0 saturated carbocycles. The number of carbonyl (C=O) groups is 1. The molecule has 1 N–H and O–H groups in total. The van der Waals surface area contributed by atoms with Gasteiger partial charge in [0.15, 0.2) is 0 Å². The van der Waals surface area contributed by atoms with Crippen LogP contribution in [0.5, 0.6) is 5.75 Å². The zero-order valence-corrected chi connectivity index (χ0v) is 12.3. The van der Waals surface area contributed by atoms with Crippen molar-refractivity contribution in [1.82, 2.24) is 0 Å². The smallest absolute Gasteiger partial charge is 0.326 e. The van der Waals surface area contributed by atoms with Crippen molar-refractivity contribution in [3.05, 3.63) is 23.2 Å². The van der Waals surface area contributed by atoms with Gasteiger partial charge < -0.3 is 14.7 Å². The Morgan fingerprint density at radius 3 is 2.63 bits per heavy atom. The molecule has 1 aromatic carbocycles. The van der Waals surface area contributed by atoms with Crippen molar-refractivity contribution in [1.29, 1.82) is 0 Å². The van der Waals surface area contributed by atoms with E-state index in [1.54, 1.807) is 25.3 Å². The Bertz CT molecular complexity index is 437. The lowest BCUT2D eigenvalue weighted by Crippen LogP contribution is -2.41. The van der Waals surface area contributed by atoms with Crippen LogP contribution in [0, 0.1) is 0 Å². The first-order valence-electron chi connectivity index (χ1n) is 6.38. The van der Waals surface area contributed by atoms with Crippen molar-refractivity contribution in [3.63, 3.8) is 0 Å². The fourth-order valence-electron chi connectivity index (χ4n) is 2.10. The minimum atomic E-state index is -0.835. The third-order valence-corrected chi connectivity index (χ3v) is 3.20. The molecule has 0 radical (unpaired) electrons. The highest BCUT2D eigenvalue weighted by Gasteiger charge is 2.25. The molecular weight excluding hydrogens is 266 g/mol. The summed E-state index contributed by atoms with van der Waals surface area (Å²) in [5.74, 6) is -0.199. The number of carboxylic acid groups (broad SMARTS) is 1. The Balaban J connectivity index is 3.24. The van der Waals surface area contributed by atoms with Crippen LogP contribution in [-0.4, -0.2) is 30.8 Å². The number of halogens is 1. The average molecular weight is 286 g/mol. The van der Waals surface area contributed by atoms with Gasteiger partial charge in [0, 0.05) is 11.6 Å². The number of benzene rings is 1. The number of hydrogen-bond acceptors (Lipinski definition) is 3. The van der Waals surface area contributed by atoms with Crippen LogP contribution >= 0.6 is 11.6 Å². The number of anilines is 1. The van der Waals surface area contributed by atoms with E-state index in [2.05, 4.69) is 0 Å². The fraction of sp³-hybridized carbons (Fsp3) is 0.500. The molecule has 0 saturated heterocycles. The third-order valence-electron chi connectivity index (χ3n) is 2.96. The van der Waals surface area contributed by atoms with Gasteiger partial charge in [-0.2, -0.15) is 0 Å². The van der Waals surface area contributed by atoms with Crippen LogP contribution in [0.2, 0.25) is 5.02 Å². The van der Waals surface area contributed by atoms with E-state index in [-0.39, 0.29) is 0 Å². The molecule has 0 unspecified atom stereocenters. The molecule has 0 aromatic heterocycles. The maximum Gasteiger partial charge on any atom is 0.326 e. The van der Waals surface area contributed by atoms with E-state index in [1.807, 2.05) is 18.7 Å². The minimum absolute atomic E-state index is 0.519. The van der Waals surface area contributed by atoms with E-state index in [1.165, 1.54) is 0 Å². The Morgan fingerprint density at radius 1 is 1.47 bits per heavy atom. The van der Waals surface area contributed by atoms with E-state index in [0.29, 0.717) is 23.7 Å². The van der Waals surface area contributed by atoms with Gasteiger partial charge in [-0.05, 0) is 31.0 Å². The lowest BCUT2D eigenvalue weighted by atomic mass is 10.1. The summed E-state index contributed by atoms with van der Waals surface area (Å²) in [6, 6.07) is 4.67. The van der Waals surface area contributed by atoms with Gasteiger partial charge >= 0.3 is 5.97 Å². The van der Waals surface area contributed by atoms with E-state index in [4.69, 9.17) is 16.3 Å². The molecule has 0 heterocycles. The van der Waals surface area contributed by atoms with Gasteiger partial charge in [-0.1, -0.05) is 25.4 Å². The molecular formula is C14H20ClNO3. The number of carboxylic acids is 1. The highest BCUT2D eigenvalue weighted by atomic mass is 35.5. The van der Waals surface area contributed by atoms with E-state index in [9.17, 15) is 9.90 Å². The summed E-state index contributed by atoms with van der Waals surface area (Å²) in [6.45, 7) is 4.51. The van der Waals surface area contributed by atoms with E-state index >= 15 is 0 Å². The second-order valence-electron chi connectivity index (χ2n) is 4.27. The molecule has 0 aliphatic rings. The first-order chi connectivity index (χ1) is 9.04. The monoisotopic (exact) mass is 285 g/mol. The van der Waals surface area contributed by atoms with Crippen LogP contribution in [0.4, 0.5) is 5.69 Å². The maximum absolute atomic E-state index is 11.4. The van der Waals surface area contributed by atoms with Crippen LogP contribution in [0.15, 0.2) is 18.2 Å². The first-order valence-corrected chi connectivity index (χ1v) is 6.75. The van der Waals surface area contributed by atoms with Gasteiger partial charge in [0.1, 0.15) is 11.8 Å². The van der Waals surface area contributed by atoms with Gasteiger partial charge in [-0.15, -0.1) is 0 Å². The Hall–Kier alpha value is -1.42. The molecule has 1 rings (SSSR count). The highest BCUT2D eigenvalue weighted by Crippen LogP contribution is 2.33. The summed E-state index contributed by atoms with van der Waals surface area (Å²) in [6.07, 6.45) is 1.37. The molecule has 0 aliphatic carbocycles. The second-order valence-corrected chi connectivity index (χ2v) is 4.71. The van der Waals surface area contributed by atoms with Crippen LogP contribution < -0.4 is 9.64 Å². The van der Waals surface area contributed by atoms with Crippen LogP contribution in [0.1, 0.15) is 26.7 Å². The Kier molecular flexibility index (Phi) is 5.96. The lowest BCUT2D eigenvalue weighted by Gasteiger charge is -2.31.